The zero-order chi connectivity index (χ0) is 7.89. The van der Waals surface area contributed by atoms with Crippen LogP contribution in [0.5, 0.6) is 0 Å². The van der Waals surface area contributed by atoms with E-state index in [0.717, 1.165) is 0 Å². The number of imidazole rings is 1. The topological polar surface area (TPSA) is 126 Å². The van der Waals surface area contributed by atoms with Crippen molar-refractivity contribution in [1.82, 2.24) is 9.46 Å². The number of nitrogen functional groups attached to an aromatic ring is 2. The van der Waals surface area contributed by atoms with E-state index in [2.05, 4.69) is 0 Å². The predicted molar refractivity (Wildman–Crippen MR) is 31.5 cm³/mol. The van der Waals surface area contributed by atoms with Crippen molar-refractivity contribution in [3.63, 3.8) is 0 Å². The van der Waals surface area contributed by atoms with Gasteiger partial charge in [0.2, 0.25) is 0 Å². The van der Waals surface area contributed by atoms with Crippen molar-refractivity contribution in [1.29, 1.82) is 5.41 Å². The first-order valence-corrected chi connectivity index (χ1v) is 2.37. The maximum Gasteiger partial charge on any atom is 0.273 e. The molecule has 1 heterocycles. The van der Waals surface area contributed by atoms with Crippen LogP contribution in [-0.4, -0.2) is 19.9 Å². The van der Waals surface area contributed by atoms with Crippen LogP contribution in [0.25, 0.3) is 0 Å². The normalized spacial score (nSPS) is 10.0. The van der Waals surface area contributed by atoms with E-state index in [9.17, 15) is 0 Å². The molecule has 7 heteroatoms. The number of anilines is 2. The van der Waals surface area contributed by atoms with Crippen molar-refractivity contribution in [2.75, 3.05) is 11.5 Å². The number of nitrogens with zero attached hydrogens (tertiary/aromatic N) is 2. The molecule has 1 rings (SSSR count). The average molecular weight is 145 g/mol. The molecular weight excluding hydrogens is 138 g/mol. The summed E-state index contributed by atoms with van der Waals surface area (Å²) in [6.07, 6.45) is 0. The molecular formula is C3H7N5O2. The van der Waals surface area contributed by atoms with Gasteiger partial charge in [-0.25, -0.2) is 0 Å². The van der Waals surface area contributed by atoms with Crippen LogP contribution >= 0.6 is 0 Å². The monoisotopic (exact) mass is 145 g/mol. The lowest BCUT2D eigenvalue weighted by Gasteiger charge is -1.90. The number of hydrogen-bond acceptors (Lipinski definition) is 5. The van der Waals surface area contributed by atoms with Gasteiger partial charge in [0.25, 0.3) is 5.62 Å². The van der Waals surface area contributed by atoms with Gasteiger partial charge >= 0.3 is 0 Å². The minimum Gasteiger partial charge on any atom is -0.423 e. The zero-order valence-electron chi connectivity index (χ0n) is 4.94. The fourth-order valence-corrected chi connectivity index (χ4v) is 0.535. The molecule has 0 unspecified atom stereocenters. The van der Waals surface area contributed by atoms with E-state index >= 15 is 0 Å². The fraction of sp³-hybridized carbons (Fsp3) is 0. The maximum atomic E-state index is 8.75. The Morgan fingerprint density at radius 1 is 1.10 bits per heavy atom. The van der Waals surface area contributed by atoms with Crippen molar-refractivity contribution < 1.29 is 10.4 Å². The molecule has 1 aromatic heterocycles. The van der Waals surface area contributed by atoms with Crippen LogP contribution in [0.1, 0.15) is 0 Å². The van der Waals surface area contributed by atoms with Gasteiger partial charge in [0.1, 0.15) is 0 Å². The summed E-state index contributed by atoms with van der Waals surface area (Å²) in [6, 6.07) is 0. The summed E-state index contributed by atoms with van der Waals surface area (Å²) in [5.74, 6) is -0.514. The summed E-state index contributed by atoms with van der Waals surface area (Å²) in [6.45, 7) is 0. The second-order valence-corrected chi connectivity index (χ2v) is 1.72. The molecule has 0 bridgehead atoms. The first-order valence-electron chi connectivity index (χ1n) is 2.37. The van der Waals surface area contributed by atoms with E-state index in [1.54, 1.807) is 0 Å². The highest BCUT2D eigenvalue weighted by Crippen LogP contribution is 2.07. The minimum atomic E-state index is -0.588. The summed E-state index contributed by atoms with van der Waals surface area (Å²) in [7, 11) is 0. The van der Waals surface area contributed by atoms with Gasteiger partial charge < -0.3 is 21.9 Å². The quantitative estimate of drug-likeness (QED) is 0.282. The van der Waals surface area contributed by atoms with Gasteiger partial charge in [-0.2, -0.15) is 0 Å². The third-order valence-electron chi connectivity index (χ3n) is 1.12. The minimum absolute atomic E-state index is 0.257. The smallest absolute Gasteiger partial charge is 0.273 e. The molecule has 0 saturated heterocycles. The Hall–Kier alpha value is -1.79. The molecule has 0 aliphatic carbocycles. The molecule has 7 nitrogen and oxygen atoms in total. The first-order chi connectivity index (χ1) is 4.55. The van der Waals surface area contributed by atoms with E-state index < -0.39 is 5.62 Å². The fourth-order valence-electron chi connectivity index (χ4n) is 0.535. The van der Waals surface area contributed by atoms with E-state index in [0.29, 0.717) is 0 Å². The molecule has 0 spiro atoms. The van der Waals surface area contributed by atoms with E-state index in [1.165, 1.54) is 0 Å². The summed E-state index contributed by atoms with van der Waals surface area (Å²) >= 11 is 0. The van der Waals surface area contributed by atoms with Crippen LogP contribution in [0.2, 0.25) is 0 Å². The standard InChI is InChI=1S/C3H7N5O2/c4-1-2(5)8(10)3(6)7(1)9/h6,9-10H,4-5H2. The number of aromatic nitrogens is 2. The van der Waals surface area contributed by atoms with Crippen molar-refractivity contribution in [2.24, 2.45) is 0 Å². The van der Waals surface area contributed by atoms with Crippen LogP contribution < -0.4 is 17.1 Å². The number of nitrogens with one attached hydrogen (secondary N) is 1. The lowest BCUT2D eigenvalue weighted by Crippen LogP contribution is -2.22. The molecule has 0 radical (unpaired) electrons. The molecule has 10 heavy (non-hydrogen) atoms. The van der Waals surface area contributed by atoms with Crippen molar-refractivity contribution in [3.8, 4) is 0 Å². The van der Waals surface area contributed by atoms with Gasteiger partial charge in [0.05, 0.1) is 0 Å². The number of hydrogen-bond donors (Lipinski definition) is 5. The molecule has 56 valence electrons. The van der Waals surface area contributed by atoms with Crippen LogP contribution in [-0.2, 0) is 0 Å². The van der Waals surface area contributed by atoms with Crippen LogP contribution in [0.3, 0.4) is 0 Å². The molecule has 0 aliphatic heterocycles. The second-order valence-electron chi connectivity index (χ2n) is 1.72. The summed E-state index contributed by atoms with van der Waals surface area (Å²) in [5.41, 5.74) is 9.59. The van der Waals surface area contributed by atoms with E-state index in [1.807, 2.05) is 0 Å². The third-order valence-corrected chi connectivity index (χ3v) is 1.12. The lowest BCUT2D eigenvalue weighted by molar-refractivity contribution is 0.126. The first kappa shape index (κ1) is 6.33. The molecule has 0 aromatic carbocycles. The van der Waals surface area contributed by atoms with Gasteiger partial charge in [-0.3, -0.25) is 5.41 Å². The van der Waals surface area contributed by atoms with Gasteiger partial charge in [-0.05, 0) is 0 Å². The molecule has 0 aliphatic rings. The highest BCUT2D eigenvalue weighted by atomic mass is 16.5. The Labute approximate surface area is 55.1 Å². The average Bonchev–Trinajstić information content (AvgIpc) is 2.07. The van der Waals surface area contributed by atoms with Gasteiger partial charge in [0, 0.05) is 0 Å². The Morgan fingerprint density at radius 2 is 1.40 bits per heavy atom. The second kappa shape index (κ2) is 1.59. The lowest BCUT2D eigenvalue weighted by atomic mass is 10.7. The molecule has 0 saturated carbocycles. The predicted octanol–water partition coefficient (Wildman–Crippen LogP) is -1.59. The maximum absolute atomic E-state index is 8.75. The van der Waals surface area contributed by atoms with Gasteiger partial charge in [-0.1, -0.05) is 0 Å². The SMILES string of the molecule is N=c1n(O)c(N)c(N)n1O. The zero-order valence-corrected chi connectivity index (χ0v) is 4.94. The van der Waals surface area contributed by atoms with Crippen LogP contribution in [0.15, 0.2) is 0 Å². The summed E-state index contributed by atoms with van der Waals surface area (Å²) in [5, 5.41) is 24.4. The number of rotatable bonds is 0. The van der Waals surface area contributed by atoms with E-state index in [4.69, 9.17) is 27.3 Å². The summed E-state index contributed by atoms with van der Waals surface area (Å²) in [4.78, 5) is 0. The van der Waals surface area contributed by atoms with Crippen molar-refractivity contribution in [3.05, 3.63) is 5.62 Å². The Bertz CT molecular complexity index is 281. The van der Waals surface area contributed by atoms with Gasteiger partial charge in [0.15, 0.2) is 11.6 Å². The van der Waals surface area contributed by atoms with Gasteiger partial charge in [-0.15, -0.1) is 9.46 Å². The highest BCUT2D eigenvalue weighted by molar-refractivity contribution is 5.52. The Kier molecular flexibility index (Phi) is 1.01. The largest absolute Gasteiger partial charge is 0.423 e. The van der Waals surface area contributed by atoms with Crippen LogP contribution in [0.4, 0.5) is 11.6 Å². The molecule has 0 amide bonds. The molecule has 1 aromatic rings. The molecule has 0 fully saturated rings. The third kappa shape index (κ3) is 0.508. The van der Waals surface area contributed by atoms with Crippen molar-refractivity contribution >= 4 is 11.6 Å². The Balaban J connectivity index is 3.60. The molecule has 7 N–H and O–H groups in total. The van der Waals surface area contributed by atoms with E-state index in [-0.39, 0.29) is 21.1 Å². The van der Waals surface area contributed by atoms with Crippen molar-refractivity contribution in [2.45, 2.75) is 0 Å². The summed E-state index contributed by atoms with van der Waals surface area (Å²) < 4.78 is 0.546. The number of nitrogens with two attached hydrogens (primary N) is 2. The Morgan fingerprint density at radius 3 is 1.50 bits per heavy atom. The molecule has 0 atom stereocenters. The highest BCUT2D eigenvalue weighted by Gasteiger charge is 2.09. The van der Waals surface area contributed by atoms with Crippen LogP contribution in [0, 0.1) is 5.41 Å².